The van der Waals surface area contributed by atoms with Crippen LogP contribution in [0.25, 0.3) is 0 Å². The smallest absolute Gasteiger partial charge is 0.329 e. The molecule has 0 aromatic carbocycles. The van der Waals surface area contributed by atoms with E-state index in [4.69, 9.17) is 10.8 Å². The second-order valence-electron chi connectivity index (χ2n) is 3.76. The first kappa shape index (κ1) is 13.1. The van der Waals surface area contributed by atoms with Crippen molar-refractivity contribution in [1.82, 2.24) is 9.97 Å². The van der Waals surface area contributed by atoms with Gasteiger partial charge in [0.1, 0.15) is 6.20 Å². The lowest BCUT2D eigenvalue weighted by Gasteiger charge is -2.17. The van der Waals surface area contributed by atoms with Gasteiger partial charge in [-0.25, -0.2) is 4.98 Å². The molecule has 0 aliphatic heterocycles. The van der Waals surface area contributed by atoms with Gasteiger partial charge in [-0.05, 0) is 13.3 Å². The first-order chi connectivity index (χ1) is 7.91. The van der Waals surface area contributed by atoms with Crippen LogP contribution in [0.3, 0.4) is 0 Å². The van der Waals surface area contributed by atoms with E-state index >= 15 is 0 Å². The standard InChI is InChI=1S/C9H15N5O3/c1-6(15)3-4-13(2)9-11-5-7(14(16)17)8(10)12-9/h5-6,15H,3-4H2,1-2H3,(H2,10,11,12)/t6-/m0/s1. The maximum atomic E-state index is 10.5. The van der Waals surface area contributed by atoms with Crippen molar-refractivity contribution in [3.05, 3.63) is 16.3 Å². The van der Waals surface area contributed by atoms with E-state index in [9.17, 15) is 10.1 Å². The van der Waals surface area contributed by atoms with E-state index < -0.39 is 11.0 Å². The molecule has 0 saturated heterocycles. The van der Waals surface area contributed by atoms with Crippen LogP contribution >= 0.6 is 0 Å². The summed E-state index contributed by atoms with van der Waals surface area (Å²) in [6, 6.07) is 0. The molecule has 0 fully saturated rings. The number of aliphatic hydroxyl groups excluding tert-OH is 1. The first-order valence-corrected chi connectivity index (χ1v) is 5.08. The highest BCUT2D eigenvalue weighted by molar-refractivity contribution is 5.53. The van der Waals surface area contributed by atoms with Crippen molar-refractivity contribution in [2.75, 3.05) is 24.2 Å². The van der Waals surface area contributed by atoms with Crippen LogP contribution in [0, 0.1) is 10.1 Å². The fourth-order valence-corrected chi connectivity index (χ4v) is 1.18. The quantitative estimate of drug-likeness (QED) is 0.557. The first-order valence-electron chi connectivity index (χ1n) is 5.08. The summed E-state index contributed by atoms with van der Waals surface area (Å²) in [6.07, 6.45) is 1.21. The molecule has 1 aromatic heterocycles. The van der Waals surface area contributed by atoms with Crippen molar-refractivity contribution in [1.29, 1.82) is 0 Å². The van der Waals surface area contributed by atoms with Crippen LogP contribution < -0.4 is 10.6 Å². The minimum atomic E-state index is -0.630. The third-order valence-electron chi connectivity index (χ3n) is 2.21. The molecule has 0 bridgehead atoms. The second kappa shape index (κ2) is 5.39. The molecule has 3 N–H and O–H groups in total. The van der Waals surface area contributed by atoms with Gasteiger partial charge in [-0.1, -0.05) is 0 Å². The molecule has 0 radical (unpaired) electrons. The Hall–Kier alpha value is -1.96. The zero-order chi connectivity index (χ0) is 13.0. The highest BCUT2D eigenvalue weighted by Gasteiger charge is 2.15. The number of nitro groups is 1. The van der Waals surface area contributed by atoms with Gasteiger partial charge in [0.05, 0.1) is 11.0 Å². The molecule has 0 spiro atoms. The number of anilines is 2. The fourth-order valence-electron chi connectivity index (χ4n) is 1.18. The Morgan fingerprint density at radius 1 is 1.71 bits per heavy atom. The van der Waals surface area contributed by atoms with Gasteiger partial charge in [0, 0.05) is 13.6 Å². The van der Waals surface area contributed by atoms with Crippen molar-refractivity contribution in [3.63, 3.8) is 0 Å². The van der Waals surface area contributed by atoms with Crippen LogP contribution in [-0.4, -0.2) is 39.7 Å². The Labute approximate surface area is 98.2 Å². The molecular weight excluding hydrogens is 226 g/mol. The van der Waals surface area contributed by atoms with Crippen molar-refractivity contribution in [2.45, 2.75) is 19.4 Å². The second-order valence-corrected chi connectivity index (χ2v) is 3.76. The normalized spacial score (nSPS) is 12.2. The number of aliphatic hydroxyl groups is 1. The lowest BCUT2D eigenvalue weighted by Crippen LogP contribution is -2.24. The number of nitrogen functional groups attached to an aromatic ring is 1. The Morgan fingerprint density at radius 2 is 2.35 bits per heavy atom. The average molecular weight is 241 g/mol. The molecule has 0 aliphatic rings. The summed E-state index contributed by atoms with van der Waals surface area (Å²) in [5.74, 6) is 0.137. The van der Waals surface area contributed by atoms with Crippen LogP contribution in [-0.2, 0) is 0 Å². The lowest BCUT2D eigenvalue weighted by molar-refractivity contribution is -0.384. The van der Waals surface area contributed by atoms with Crippen LogP contribution in [0.4, 0.5) is 17.5 Å². The summed E-state index contributed by atoms with van der Waals surface area (Å²) >= 11 is 0. The molecule has 1 heterocycles. The molecule has 1 atom stereocenters. The summed E-state index contributed by atoms with van der Waals surface area (Å²) in [4.78, 5) is 19.3. The largest absolute Gasteiger partial charge is 0.393 e. The fraction of sp³-hybridized carbons (Fsp3) is 0.556. The van der Waals surface area contributed by atoms with Gasteiger partial charge in [-0.2, -0.15) is 4.98 Å². The van der Waals surface area contributed by atoms with Crippen LogP contribution in [0.1, 0.15) is 13.3 Å². The molecular formula is C9H15N5O3. The molecule has 1 rings (SSSR count). The maximum absolute atomic E-state index is 10.5. The number of nitrogens with two attached hydrogens (primary N) is 1. The number of hydrogen-bond donors (Lipinski definition) is 2. The molecule has 94 valence electrons. The van der Waals surface area contributed by atoms with E-state index in [0.717, 1.165) is 6.20 Å². The lowest BCUT2D eigenvalue weighted by atomic mass is 10.3. The van der Waals surface area contributed by atoms with Crippen LogP contribution in [0.2, 0.25) is 0 Å². The summed E-state index contributed by atoms with van der Waals surface area (Å²) in [7, 11) is 1.73. The Kier molecular flexibility index (Phi) is 4.16. The van der Waals surface area contributed by atoms with Gasteiger partial charge in [-0.15, -0.1) is 0 Å². The summed E-state index contributed by atoms with van der Waals surface area (Å²) in [5.41, 5.74) is 5.14. The van der Waals surface area contributed by atoms with Gasteiger partial charge >= 0.3 is 5.69 Å². The predicted molar refractivity (Wildman–Crippen MR) is 62.7 cm³/mol. The van der Waals surface area contributed by atoms with Crippen molar-refractivity contribution in [2.24, 2.45) is 0 Å². The third-order valence-corrected chi connectivity index (χ3v) is 2.21. The van der Waals surface area contributed by atoms with Gasteiger partial charge in [0.15, 0.2) is 0 Å². The maximum Gasteiger partial charge on any atom is 0.329 e. The summed E-state index contributed by atoms with van der Waals surface area (Å²) < 4.78 is 0. The molecule has 8 nitrogen and oxygen atoms in total. The zero-order valence-electron chi connectivity index (χ0n) is 9.70. The molecule has 17 heavy (non-hydrogen) atoms. The van der Waals surface area contributed by atoms with E-state index in [1.54, 1.807) is 18.9 Å². The summed E-state index contributed by atoms with van der Waals surface area (Å²) in [5, 5.41) is 19.7. The number of aromatic nitrogens is 2. The molecule has 8 heteroatoms. The molecule has 0 unspecified atom stereocenters. The van der Waals surface area contributed by atoms with Crippen LogP contribution in [0.5, 0.6) is 0 Å². The molecule has 0 saturated carbocycles. The Balaban J connectivity index is 2.79. The third kappa shape index (κ3) is 3.52. The van der Waals surface area contributed by atoms with Crippen molar-refractivity contribution in [3.8, 4) is 0 Å². The van der Waals surface area contributed by atoms with Crippen molar-refractivity contribution >= 4 is 17.5 Å². The highest BCUT2D eigenvalue weighted by atomic mass is 16.6. The van der Waals surface area contributed by atoms with Gasteiger partial charge < -0.3 is 15.7 Å². The monoisotopic (exact) mass is 241 g/mol. The highest BCUT2D eigenvalue weighted by Crippen LogP contribution is 2.19. The van der Waals surface area contributed by atoms with E-state index in [-0.39, 0.29) is 11.5 Å². The molecule has 1 aromatic rings. The van der Waals surface area contributed by atoms with Gasteiger partial charge in [0.25, 0.3) is 0 Å². The van der Waals surface area contributed by atoms with E-state index in [1.807, 2.05) is 0 Å². The van der Waals surface area contributed by atoms with E-state index in [2.05, 4.69) is 9.97 Å². The number of hydrogen-bond acceptors (Lipinski definition) is 7. The average Bonchev–Trinajstić information content (AvgIpc) is 2.25. The van der Waals surface area contributed by atoms with Crippen LogP contribution in [0.15, 0.2) is 6.20 Å². The van der Waals surface area contributed by atoms with E-state index in [1.165, 1.54) is 0 Å². The van der Waals surface area contributed by atoms with Gasteiger partial charge in [-0.3, -0.25) is 10.1 Å². The van der Waals surface area contributed by atoms with Crippen molar-refractivity contribution < 1.29 is 10.0 Å². The number of nitrogens with zero attached hydrogens (tertiary/aromatic N) is 4. The minimum absolute atomic E-state index is 0.163. The topological polar surface area (TPSA) is 118 Å². The summed E-state index contributed by atoms with van der Waals surface area (Å²) in [6.45, 7) is 2.22. The zero-order valence-corrected chi connectivity index (χ0v) is 9.70. The number of rotatable bonds is 5. The SMILES string of the molecule is C[C@H](O)CCN(C)c1ncc([N+](=O)[O-])c(N)n1. The minimum Gasteiger partial charge on any atom is -0.393 e. The Bertz CT molecular complexity index is 410. The molecule has 0 aliphatic carbocycles. The Morgan fingerprint density at radius 3 is 2.82 bits per heavy atom. The molecule has 0 amide bonds. The van der Waals surface area contributed by atoms with Gasteiger partial charge in [0.2, 0.25) is 11.8 Å². The van der Waals surface area contributed by atoms with E-state index in [0.29, 0.717) is 18.9 Å². The predicted octanol–water partition coefficient (Wildman–Crippen LogP) is 0.174.